The lowest BCUT2D eigenvalue weighted by atomic mass is 10.2. The first kappa shape index (κ1) is 21.5. The smallest absolute Gasteiger partial charge is 0.406 e. The fourth-order valence-electron chi connectivity index (χ4n) is 2.49. The van der Waals surface area contributed by atoms with Crippen LogP contribution >= 0.6 is 15.9 Å². The van der Waals surface area contributed by atoms with Crippen molar-refractivity contribution >= 4 is 27.8 Å². The van der Waals surface area contributed by atoms with Crippen molar-refractivity contribution in [1.82, 2.24) is 30.0 Å². The van der Waals surface area contributed by atoms with Crippen LogP contribution in [-0.4, -0.2) is 44.0 Å². The quantitative estimate of drug-likeness (QED) is 0.551. The average molecular weight is 486 g/mol. The monoisotopic (exact) mass is 485 g/mol. The maximum Gasteiger partial charge on any atom is 0.573 e. The Labute approximate surface area is 176 Å². The number of rotatable bonds is 6. The molecule has 3 aromatic rings. The fraction of sp³-hybridized carbons (Fsp3) is 0.235. The van der Waals surface area contributed by atoms with Crippen LogP contribution in [0.25, 0.3) is 5.95 Å². The maximum atomic E-state index is 12.6. The molecule has 3 rings (SSSR count). The molecule has 2 aromatic heterocycles. The van der Waals surface area contributed by atoms with Crippen molar-refractivity contribution in [3.63, 3.8) is 0 Å². The summed E-state index contributed by atoms with van der Waals surface area (Å²) in [7, 11) is 1.63. The highest BCUT2D eigenvalue weighted by atomic mass is 79.9. The summed E-state index contributed by atoms with van der Waals surface area (Å²) in [5.74, 6) is -0.313. The van der Waals surface area contributed by atoms with Crippen LogP contribution in [-0.2, 0) is 0 Å². The van der Waals surface area contributed by atoms with Crippen LogP contribution in [0.5, 0.6) is 5.75 Å². The van der Waals surface area contributed by atoms with Crippen molar-refractivity contribution in [3.05, 3.63) is 52.5 Å². The number of nitrogens with zero attached hydrogens (tertiary/aromatic N) is 5. The third-order valence-electron chi connectivity index (χ3n) is 3.70. The Hall–Kier alpha value is -3.22. The van der Waals surface area contributed by atoms with Crippen molar-refractivity contribution < 1.29 is 22.7 Å². The molecule has 2 heterocycles. The highest BCUT2D eigenvalue weighted by Crippen LogP contribution is 2.27. The molecule has 0 aliphatic rings. The summed E-state index contributed by atoms with van der Waals surface area (Å²) in [4.78, 5) is 25.2. The number of hydrogen-bond donors (Lipinski definition) is 2. The van der Waals surface area contributed by atoms with Gasteiger partial charge in [0, 0.05) is 29.5 Å². The minimum Gasteiger partial charge on any atom is -0.406 e. The van der Waals surface area contributed by atoms with Crippen molar-refractivity contribution in [2.24, 2.45) is 0 Å². The Morgan fingerprint density at radius 3 is 2.57 bits per heavy atom. The van der Waals surface area contributed by atoms with E-state index < -0.39 is 24.1 Å². The van der Waals surface area contributed by atoms with Crippen LogP contribution in [0, 0.1) is 0 Å². The topological polar surface area (TPSA) is 107 Å². The van der Waals surface area contributed by atoms with Gasteiger partial charge in [-0.3, -0.25) is 4.79 Å². The van der Waals surface area contributed by atoms with Gasteiger partial charge in [0.05, 0.1) is 6.04 Å². The van der Waals surface area contributed by atoms with Crippen LogP contribution < -0.4 is 15.4 Å². The highest BCUT2D eigenvalue weighted by molar-refractivity contribution is 9.10. The number of benzene rings is 1. The molecule has 30 heavy (non-hydrogen) atoms. The first-order chi connectivity index (χ1) is 14.2. The molecule has 1 amide bonds. The third-order valence-corrected chi connectivity index (χ3v) is 4.16. The number of anilines is 1. The van der Waals surface area contributed by atoms with Gasteiger partial charge in [-0.15, -0.1) is 18.3 Å². The first-order valence-electron chi connectivity index (χ1n) is 8.45. The molecule has 0 saturated carbocycles. The predicted octanol–water partition coefficient (Wildman–Crippen LogP) is 3.25. The summed E-state index contributed by atoms with van der Waals surface area (Å²) in [5.41, 5.74) is -0.0358. The lowest BCUT2D eigenvalue weighted by Gasteiger charge is -2.15. The molecular weight excluding hydrogens is 471 g/mol. The summed E-state index contributed by atoms with van der Waals surface area (Å²) in [5, 5.41) is 9.70. The van der Waals surface area contributed by atoms with Gasteiger partial charge >= 0.3 is 6.36 Å². The fourth-order valence-corrected chi connectivity index (χ4v) is 2.96. The van der Waals surface area contributed by atoms with Gasteiger partial charge in [-0.1, -0.05) is 15.9 Å². The molecule has 13 heteroatoms. The largest absolute Gasteiger partial charge is 0.573 e. The van der Waals surface area contributed by atoms with E-state index in [9.17, 15) is 18.0 Å². The summed E-state index contributed by atoms with van der Waals surface area (Å²) in [6, 6.07) is 4.43. The number of alkyl halides is 3. The molecule has 0 radical (unpaired) electrons. The maximum absolute atomic E-state index is 12.6. The van der Waals surface area contributed by atoms with Gasteiger partial charge < -0.3 is 15.4 Å². The van der Waals surface area contributed by atoms with Crippen LogP contribution in [0.3, 0.4) is 0 Å². The minimum atomic E-state index is -4.88. The van der Waals surface area contributed by atoms with E-state index in [0.29, 0.717) is 5.82 Å². The molecule has 1 atom stereocenters. The second-order valence-corrected chi connectivity index (χ2v) is 6.84. The summed E-state index contributed by atoms with van der Waals surface area (Å²) >= 11 is 3.08. The molecule has 2 N–H and O–H groups in total. The SMILES string of the molecule is CNc1nc([C@H](C)NC(=O)c2cc(Br)cc(OC(F)(F)F)c2)n(-c2ncccn2)n1. The Kier molecular flexibility index (Phi) is 6.20. The van der Waals surface area contributed by atoms with Gasteiger partial charge in [0.1, 0.15) is 5.75 Å². The second-order valence-electron chi connectivity index (χ2n) is 5.92. The number of amides is 1. The normalized spacial score (nSPS) is 12.3. The molecule has 0 aliphatic carbocycles. The van der Waals surface area contributed by atoms with Gasteiger partial charge in [0.15, 0.2) is 5.82 Å². The van der Waals surface area contributed by atoms with E-state index >= 15 is 0 Å². The number of hydrogen-bond acceptors (Lipinski definition) is 7. The van der Waals surface area contributed by atoms with Gasteiger partial charge in [-0.05, 0) is 31.2 Å². The number of halogens is 4. The average Bonchev–Trinajstić information content (AvgIpc) is 3.11. The summed E-state index contributed by atoms with van der Waals surface area (Å²) in [6.45, 7) is 1.64. The van der Waals surface area contributed by atoms with Crippen molar-refractivity contribution in [3.8, 4) is 11.7 Å². The van der Waals surface area contributed by atoms with E-state index in [-0.39, 0.29) is 21.9 Å². The molecule has 1 aromatic carbocycles. The summed E-state index contributed by atoms with van der Waals surface area (Å²) < 4.78 is 43.0. The van der Waals surface area contributed by atoms with E-state index in [1.807, 2.05) is 0 Å². The molecule has 0 fully saturated rings. The molecule has 0 saturated heterocycles. The lowest BCUT2D eigenvalue weighted by molar-refractivity contribution is -0.274. The van der Waals surface area contributed by atoms with E-state index in [2.05, 4.69) is 51.4 Å². The Balaban J connectivity index is 1.86. The molecule has 0 spiro atoms. The zero-order valence-corrected chi connectivity index (χ0v) is 17.2. The van der Waals surface area contributed by atoms with Crippen molar-refractivity contribution in [1.29, 1.82) is 0 Å². The Bertz CT molecular complexity index is 1040. The number of aromatic nitrogens is 5. The molecule has 158 valence electrons. The third kappa shape index (κ3) is 5.23. The zero-order chi connectivity index (χ0) is 21.9. The van der Waals surface area contributed by atoms with E-state index in [1.165, 1.54) is 23.1 Å². The predicted molar refractivity (Wildman–Crippen MR) is 103 cm³/mol. The van der Waals surface area contributed by atoms with Crippen LogP contribution in [0.2, 0.25) is 0 Å². The number of carbonyl (C=O) groups excluding carboxylic acids is 1. The van der Waals surface area contributed by atoms with Crippen LogP contribution in [0.4, 0.5) is 19.1 Å². The minimum absolute atomic E-state index is 0.0358. The van der Waals surface area contributed by atoms with Gasteiger partial charge in [-0.2, -0.15) is 9.67 Å². The molecular formula is C17H15BrF3N7O2. The van der Waals surface area contributed by atoms with Gasteiger partial charge in [0.2, 0.25) is 5.95 Å². The number of nitrogens with one attached hydrogen (secondary N) is 2. The summed E-state index contributed by atoms with van der Waals surface area (Å²) in [6.07, 6.45) is -1.82. The van der Waals surface area contributed by atoms with E-state index in [1.54, 1.807) is 20.0 Å². The van der Waals surface area contributed by atoms with E-state index in [0.717, 1.165) is 12.1 Å². The Morgan fingerprint density at radius 2 is 1.93 bits per heavy atom. The van der Waals surface area contributed by atoms with Crippen molar-refractivity contribution in [2.75, 3.05) is 12.4 Å². The van der Waals surface area contributed by atoms with Gasteiger partial charge in [0.25, 0.3) is 11.9 Å². The zero-order valence-electron chi connectivity index (χ0n) is 15.6. The van der Waals surface area contributed by atoms with Crippen molar-refractivity contribution in [2.45, 2.75) is 19.3 Å². The lowest BCUT2D eigenvalue weighted by Crippen LogP contribution is -2.29. The molecule has 0 aliphatic heterocycles. The molecule has 0 unspecified atom stereocenters. The molecule has 0 bridgehead atoms. The second kappa shape index (κ2) is 8.65. The molecule has 9 nitrogen and oxygen atoms in total. The van der Waals surface area contributed by atoms with E-state index in [4.69, 9.17) is 0 Å². The first-order valence-corrected chi connectivity index (χ1v) is 9.25. The standard InChI is InChI=1S/C17H15BrF3N7O2/c1-9(13-26-15(22-2)27-28(13)16-23-4-3-5-24-16)25-14(29)10-6-11(18)8-12(7-10)30-17(19,20)21/h3-9H,1-2H3,(H,22,27)(H,25,29)/t9-/m0/s1. The Morgan fingerprint density at radius 1 is 1.23 bits per heavy atom. The van der Waals surface area contributed by atoms with Crippen LogP contribution in [0.15, 0.2) is 41.1 Å². The number of carbonyl (C=O) groups is 1. The highest BCUT2D eigenvalue weighted by Gasteiger charge is 2.31. The van der Waals surface area contributed by atoms with Crippen LogP contribution in [0.1, 0.15) is 29.1 Å². The number of ether oxygens (including phenoxy) is 1. The van der Waals surface area contributed by atoms with Gasteiger partial charge in [-0.25, -0.2) is 9.97 Å².